The number of hydrogen-bond acceptors (Lipinski definition) is 3. The van der Waals surface area contributed by atoms with Crippen molar-refractivity contribution < 1.29 is 19.2 Å². The third-order valence-corrected chi connectivity index (χ3v) is 3.83. The van der Waals surface area contributed by atoms with Crippen LogP contribution in [0.15, 0.2) is 24.3 Å². The molecule has 4 heteroatoms. The Morgan fingerprint density at radius 1 is 1.19 bits per heavy atom. The van der Waals surface area contributed by atoms with Gasteiger partial charge in [-0.3, -0.25) is 4.79 Å². The molecule has 4 nitrogen and oxygen atoms in total. The van der Waals surface area contributed by atoms with Crippen LogP contribution in [0.5, 0.6) is 5.75 Å². The Morgan fingerprint density at radius 2 is 1.86 bits per heavy atom. The number of ether oxygens (including phenoxy) is 2. The van der Waals surface area contributed by atoms with E-state index in [4.69, 9.17) is 9.47 Å². The van der Waals surface area contributed by atoms with Crippen molar-refractivity contribution in [1.82, 2.24) is 0 Å². The molecule has 21 heavy (non-hydrogen) atoms. The average molecular weight is 292 g/mol. The van der Waals surface area contributed by atoms with E-state index in [9.17, 15) is 4.79 Å². The van der Waals surface area contributed by atoms with E-state index in [1.165, 1.54) is 13.0 Å². The molecule has 1 heterocycles. The van der Waals surface area contributed by atoms with Gasteiger partial charge in [-0.15, -0.1) is 0 Å². The molecule has 1 aliphatic heterocycles. The first-order chi connectivity index (χ1) is 10.2. The van der Waals surface area contributed by atoms with Crippen LogP contribution in [0.3, 0.4) is 0 Å². The monoisotopic (exact) mass is 292 g/mol. The van der Waals surface area contributed by atoms with E-state index in [0.29, 0.717) is 17.8 Å². The second kappa shape index (κ2) is 8.15. The Morgan fingerprint density at radius 3 is 2.48 bits per heavy atom. The van der Waals surface area contributed by atoms with Crippen molar-refractivity contribution in [3.63, 3.8) is 0 Å². The third kappa shape index (κ3) is 5.48. The largest absolute Gasteiger partial charge is 0.494 e. The normalized spacial score (nSPS) is 25.5. The van der Waals surface area contributed by atoms with E-state index in [1.54, 1.807) is 17.0 Å². The summed E-state index contributed by atoms with van der Waals surface area (Å²) in [6, 6.07) is 7.26. The van der Waals surface area contributed by atoms with Gasteiger partial charge in [0.25, 0.3) is 0 Å². The first kappa shape index (κ1) is 16.0. The van der Waals surface area contributed by atoms with Crippen LogP contribution in [0.25, 0.3) is 0 Å². The van der Waals surface area contributed by atoms with Crippen molar-refractivity contribution in [2.45, 2.75) is 38.9 Å². The fourth-order valence-corrected chi connectivity index (χ4v) is 2.90. The molecule has 0 aromatic heterocycles. The molecular weight excluding hydrogens is 266 g/mol. The lowest BCUT2D eigenvalue weighted by molar-refractivity contribution is -0.915. The van der Waals surface area contributed by atoms with Crippen LogP contribution in [0.4, 0.5) is 0 Å². The molecule has 0 saturated carbocycles. The molecule has 1 aromatic carbocycles. The molecule has 0 radical (unpaired) electrons. The van der Waals surface area contributed by atoms with Crippen LogP contribution in [0.1, 0.15) is 37.0 Å². The van der Waals surface area contributed by atoms with Crippen LogP contribution in [0, 0.1) is 0 Å². The number of hydrogen-bond donors (Lipinski definition) is 1. The first-order valence-electron chi connectivity index (χ1n) is 7.84. The van der Waals surface area contributed by atoms with Gasteiger partial charge >= 0.3 is 0 Å². The number of carbonyl (C=O) groups excluding carboxylic acids is 1. The van der Waals surface area contributed by atoms with Gasteiger partial charge in [-0.2, -0.15) is 0 Å². The van der Waals surface area contributed by atoms with Crippen molar-refractivity contribution in [1.29, 1.82) is 0 Å². The summed E-state index contributed by atoms with van der Waals surface area (Å²) in [5.74, 6) is 0.835. The molecular formula is C17H26NO3+. The Kier molecular flexibility index (Phi) is 6.21. The fraction of sp³-hybridized carbons (Fsp3) is 0.588. The molecule has 2 rings (SSSR count). The summed E-state index contributed by atoms with van der Waals surface area (Å²) in [5.41, 5.74) is 0.682. The van der Waals surface area contributed by atoms with Crippen LogP contribution >= 0.6 is 0 Å². The zero-order valence-corrected chi connectivity index (χ0v) is 13.0. The molecule has 0 aliphatic carbocycles. The minimum Gasteiger partial charge on any atom is -0.494 e. The maximum Gasteiger partial charge on any atom is 0.150 e. The summed E-state index contributed by atoms with van der Waals surface area (Å²) in [6.07, 6.45) is 3.81. The van der Waals surface area contributed by atoms with Crippen molar-refractivity contribution in [3.8, 4) is 5.75 Å². The Balaban J connectivity index is 1.60. The van der Waals surface area contributed by atoms with Gasteiger partial charge in [0.1, 0.15) is 37.3 Å². The number of unbranched alkanes of at least 4 members (excludes halogenated alkanes) is 1. The van der Waals surface area contributed by atoms with E-state index < -0.39 is 0 Å². The molecule has 3 atom stereocenters. The Hall–Kier alpha value is -1.39. The first-order valence-corrected chi connectivity index (χ1v) is 7.84. The highest BCUT2D eigenvalue weighted by Crippen LogP contribution is 2.11. The van der Waals surface area contributed by atoms with Crippen LogP contribution < -0.4 is 9.64 Å². The van der Waals surface area contributed by atoms with E-state index in [0.717, 1.165) is 38.2 Å². The number of morpholine rings is 1. The zero-order valence-electron chi connectivity index (χ0n) is 13.0. The van der Waals surface area contributed by atoms with Gasteiger partial charge in [0, 0.05) is 5.56 Å². The minimum absolute atomic E-state index is 0.372. The lowest BCUT2D eigenvalue weighted by atomic mass is 10.2. The van der Waals surface area contributed by atoms with Gasteiger partial charge in [0.2, 0.25) is 0 Å². The molecule has 0 bridgehead atoms. The van der Waals surface area contributed by atoms with Crippen LogP contribution in [-0.2, 0) is 4.74 Å². The van der Waals surface area contributed by atoms with E-state index >= 15 is 0 Å². The summed E-state index contributed by atoms with van der Waals surface area (Å²) in [6.45, 7) is 8.45. The van der Waals surface area contributed by atoms with Crippen molar-refractivity contribution in [3.05, 3.63) is 29.8 Å². The Bertz CT molecular complexity index is 422. The van der Waals surface area contributed by atoms with E-state index in [1.807, 2.05) is 12.1 Å². The molecule has 0 amide bonds. The molecule has 1 fully saturated rings. The zero-order chi connectivity index (χ0) is 15.1. The van der Waals surface area contributed by atoms with Crippen LogP contribution in [0.2, 0.25) is 0 Å². The third-order valence-electron chi connectivity index (χ3n) is 3.83. The highest BCUT2D eigenvalue weighted by Gasteiger charge is 2.24. The molecule has 1 aliphatic rings. The molecule has 1 N–H and O–H groups in total. The van der Waals surface area contributed by atoms with Crippen molar-refractivity contribution in [2.75, 3.05) is 26.2 Å². The molecule has 116 valence electrons. The molecule has 0 spiro atoms. The SMILES string of the molecule is C[C@@H]1C[NH+](CCCCOc2ccc(C=O)cc2)C[C@H](C)O1. The van der Waals surface area contributed by atoms with Crippen LogP contribution in [-0.4, -0.2) is 44.7 Å². The second-order valence-electron chi connectivity index (χ2n) is 5.91. The molecule has 1 saturated heterocycles. The predicted octanol–water partition coefficient (Wildman–Crippen LogP) is 1.35. The van der Waals surface area contributed by atoms with Gasteiger partial charge in [-0.25, -0.2) is 0 Å². The van der Waals surface area contributed by atoms with Gasteiger partial charge < -0.3 is 14.4 Å². The topological polar surface area (TPSA) is 40.0 Å². The van der Waals surface area contributed by atoms with Gasteiger partial charge in [-0.05, 0) is 51.0 Å². The number of nitrogens with one attached hydrogen (secondary N) is 1. The smallest absolute Gasteiger partial charge is 0.150 e. The predicted molar refractivity (Wildman–Crippen MR) is 82.1 cm³/mol. The highest BCUT2D eigenvalue weighted by atomic mass is 16.5. The second-order valence-corrected chi connectivity index (χ2v) is 5.91. The number of aldehydes is 1. The summed E-state index contributed by atoms with van der Waals surface area (Å²) < 4.78 is 11.4. The van der Waals surface area contributed by atoms with E-state index in [2.05, 4.69) is 13.8 Å². The molecule has 1 unspecified atom stereocenters. The average Bonchev–Trinajstić information content (AvgIpc) is 2.46. The highest BCUT2D eigenvalue weighted by molar-refractivity contribution is 5.74. The quantitative estimate of drug-likeness (QED) is 0.609. The van der Waals surface area contributed by atoms with Gasteiger partial charge in [0.15, 0.2) is 0 Å². The number of carbonyl (C=O) groups is 1. The Labute approximate surface area is 127 Å². The number of benzene rings is 1. The standard InChI is InChI=1S/C17H25NO3/c1-14-11-18(12-15(2)21-14)9-3-4-10-20-17-7-5-16(13-19)6-8-17/h5-8,13-15H,3-4,9-12H2,1-2H3/p+1/t14-,15+. The molecule has 1 aromatic rings. The van der Waals surface area contributed by atoms with Crippen molar-refractivity contribution in [2.24, 2.45) is 0 Å². The van der Waals surface area contributed by atoms with Gasteiger partial charge in [-0.1, -0.05) is 0 Å². The lowest BCUT2D eigenvalue weighted by Crippen LogP contribution is -3.15. The fourth-order valence-electron chi connectivity index (χ4n) is 2.90. The summed E-state index contributed by atoms with van der Waals surface area (Å²) in [5, 5.41) is 0. The summed E-state index contributed by atoms with van der Waals surface area (Å²) >= 11 is 0. The maximum atomic E-state index is 10.6. The van der Waals surface area contributed by atoms with Gasteiger partial charge in [0.05, 0.1) is 13.2 Å². The number of rotatable bonds is 7. The lowest BCUT2D eigenvalue weighted by Gasteiger charge is -2.32. The van der Waals surface area contributed by atoms with E-state index in [-0.39, 0.29) is 0 Å². The minimum atomic E-state index is 0.372. The van der Waals surface area contributed by atoms with Crippen molar-refractivity contribution >= 4 is 6.29 Å². The maximum absolute atomic E-state index is 10.6. The number of quaternary nitrogens is 1. The summed E-state index contributed by atoms with van der Waals surface area (Å²) in [7, 11) is 0. The summed E-state index contributed by atoms with van der Waals surface area (Å²) in [4.78, 5) is 12.2.